The van der Waals surface area contributed by atoms with Gasteiger partial charge in [-0.1, -0.05) is 6.07 Å². The number of hydrogen-bond donors (Lipinski definition) is 1. The summed E-state index contributed by atoms with van der Waals surface area (Å²) >= 11 is 0. The first-order valence-electron chi connectivity index (χ1n) is 6.80. The highest BCUT2D eigenvalue weighted by molar-refractivity contribution is 14.0. The molecule has 1 aromatic rings. The molecular formula is C14H22IN5O. The lowest BCUT2D eigenvalue weighted by atomic mass is 10.2. The van der Waals surface area contributed by atoms with E-state index >= 15 is 0 Å². The van der Waals surface area contributed by atoms with Gasteiger partial charge >= 0.3 is 0 Å². The molecule has 21 heavy (non-hydrogen) atoms. The number of halogens is 1. The normalized spacial score (nSPS) is 13.4. The molecule has 0 saturated carbocycles. The number of carbonyl (C=O) groups excluding carboxylic acids is 1. The van der Waals surface area contributed by atoms with Crippen LogP contribution < -0.4 is 5.32 Å². The van der Waals surface area contributed by atoms with Crippen LogP contribution in [-0.2, 0) is 11.2 Å². The maximum atomic E-state index is 12.0. The Bertz CT molecular complexity index is 480. The summed E-state index contributed by atoms with van der Waals surface area (Å²) in [6, 6.07) is 5.82. The average Bonchev–Trinajstić information content (AvgIpc) is 2.88. The molecule has 2 rings (SSSR count). The Hall–Kier alpha value is -1.38. The Balaban J connectivity index is 0.00000220. The lowest BCUT2D eigenvalue weighted by Gasteiger charge is -2.19. The molecular weight excluding hydrogens is 381 g/mol. The fourth-order valence-electron chi connectivity index (χ4n) is 1.97. The summed E-state index contributed by atoms with van der Waals surface area (Å²) in [6.07, 6.45) is 2.54. The number of aliphatic imine (C=N–C) groups is 1. The molecule has 0 unspecified atom stereocenters. The van der Waals surface area contributed by atoms with Gasteiger partial charge in [-0.15, -0.1) is 24.0 Å². The molecule has 0 aromatic carbocycles. The van der Waals surface area contributed by atoms with Crippen LogP contribution in [0, 0.1) is 0 Å². The number of rotatable bonds is 5. The van der Waals surface area contributed by atoms with E-state index in [9.17, 15) is 4.79 Å². The summed E-state index contributed by atoms with van der Waals surface area (Å²) in [7, 11) is 3.78. The van der Waals surface area contributed by atoms with Crippen LogP contribution in [0.3, 0.4) is 0 Å². The van der Waals surface area contributed by atoms with Crippen LogP contribution in [0.1, 0.15) is 5.69 Å². The second kappa shape index (κ2) is 8.81. The molecule has 1 aliphatic rings. The molecule has 7 heteroatoms. The summed E-state index contributed by atoms with van der Waals surface area (Å²) in [6.45, 7) is 2.65. The van der Waals surface area contributed by atoms with Crippen molar-refractivity contribution >= 4 is 35.8 Å². The van der Waals surface area contributed by atoms with E-state index in [4.69, 9.17) is 0 Å². The Kier molecular flexibility index (Phi) is 7.41. The van der Waals surface area contributed by atoms with Crippen molar-refractivity contribution in [1.29, 1.82) is 0 Å². The van der Waals surface area contributed by atoms with Crippen LogP contribution in [-0.4, -0.2) is 66.9 Å². The molecule has 1 N–H and O–H groups in total. The highest BCUT2D eigenvalue weighted by Gasteiger charge is 2.14. The molecule has 0 fully saturated rings. The number of nitrogens with zero attached hydrogens (tertiary/aromatic N) is 4. The smallest absolute Gasteiger partial charge is 0.241 e. The highest BCUT2D eigenvalue weighted by Crippen LogP contribution is 1.98. The van der Waals surface area contributed by atoms with Gasteiger partial charge in [0.1, 0.15) is 0 Å². The van der Waals surface area contributed by atoms with E-state index in [1.165, 1.54) is 0 Å². The van der Waals surface area contributed by atoms with E-state index < -0.39 is 0 Å². The lowest BCUT2D eigenvalue weighted by molar-refractivity contribution is -0.128. The fraction of sp³-hybridized carbons (Fsp3) is 0.500. The van der Waals surface area contributed by atoms with Crippen LogP contribution in [0.25, 0.3) is 0 Å². The number of guanidine groups is 1. The Morgan fingerprint density at radius 3 is 2.90 bits per heavy atom. The van der Waals surface area contributed by atoms with Crippen LogP contribution in [0.2, 0.25) is 0 Å². The van der Waals surface area contributed by atoms with E-state index in [2.05, 4.69) is 15.3 Å². The number of amides is 1. The topological polar surface area (TPSA) is 60.8 Å². The average molecular weight is 403 g/mol. The van der Waals surface area contributed by atoms with Gasteiger partial charge in [-0.2, -0.15) is 0 Å². The first-order valence-corrected chi connectivity index (χ1v) is 6.80. The summed E-state index contributed by atoms with van der Waals surface area (Å²) in [4.78, 5) is 24.3. The first-order chi connectivity index (χ1) is 9.66. The van der Waals surface area contributed by atoms with Gasteiger partial charge in [-0.05, 0) is 12.1 Å². The first kappa shape index (κ1) is 17.7. The summed E-state index contributed by atoms with van der Waals surface area (Å²) in [5.74, 6) is 0.861. The number of likely N-dealkylation sites (N-methyl/N-ethyl adjacent to an activating group) is 2. The zero-order chi connectivity index (χ0) is 14.4. The minimum atomic E-state index is 0. The van der Waals surface area contributed by atoms with E-state index in [1.807, 2.05) is 37.2 Å². The molecule has 0 bridgehead atoms. The predicted molar refractivity (Wildman–Crippen MR) is 93.9 cm³/mol. The van der Waals surface area contributed by atoms with Crippen LogP contribution >= 0.6 is 24.0 Å². The number of hydrogen-bond acceptors (Lipinski definition) is 5. The van der Waals surface area contributed by atoms with Gasteiger partial charge < -0.3 is 15.1 Å². The van der Waals surface area contributed by atoms with Gasteiger partial charge in [0.25, 0.3) is 0 Å². The van der Waals surface area contributed by atoms with Crippen molar-refractivity contribution in [2.24, 2.45) is 4.99 Å². The van der Waals surface area contributed by atoms with Crippen molar-refractivity contribution in [1.82, 2.24) is 20.1 Å². The molecule has 1 aliphatic heterocycles. The quantitative estimate of drug-likeness (QED) is 0.732. The fourth-order valence-corrected chi connectivity index (χ4v) is 1.97. The molecule has 0 spiro atoms. The van der Waals surface area contributed by atoms with Gasteiger partial charge in [0.2, 0.25) is 5.91 Å². The molecule has 1 amide bonds. The predicted octanol–water partition coefficient (Wildman–Crippen LogP) is 0.591. The molecule has 6 nitrogen and oxygen atoms in total. The van der Waals surface area contributed by atoms with Crippen molar-refractivity contribution < 1.29 is 4.79 Å². The van der Waals surface area contributed by atoms with Gasteiger partial charge in [0.15, 0.2) is 5.96 Å². The Morgan fingerprint density at radius 2 is 2.29 bits per heavy atom. The number of pyridine rings is 1. The van der Waals surface area contributed by atoms with Gasteiger partial charge in [-0.3, -0.25) is 14.8 Å². The van der Waals surface area contributed by atoms with Crippen molar-refractivity contribution in [3.8, 4) is 0 Å². The third-order valence-corrected chi connectivity index (χ3v) is 3.31. The van der Waals surface area contributed by atoms with E-state index in [1.54, 1.807) is 11.1 Å². The molecule has 0 atom stereocenters. The second-order valence-electron chi connectivity index (χ2n) is 4.87. The number of carbonyl (C=O) groups is 1. The Morgan fingerprint density at radius 1 is 1.48 bits per heavy atom. The van der Waals surface area contributed by atoms with Gasteiger partial charge in [-0.25, -0.2) is 0 Å². The summed E-state index contributed by atoms with van der Waals surface area (Å²) in [5, 5.41) is 3.08. The minimum Gasteiger partial charge on any atom is -0.347 e. The molecule has 0 radical (unpaired) electrons. The molecule has 2 heterocycles. The van der Waals surface area contributed by atoms with Crippen LogP contribution in [0.15, 0.2) is 29.4 Å². The van der Waals surface area contributed by atoms with E-state index in [-0.39, 0.29) is 36.4 Å². The van der Waals surface area contributed by atoms with Crippen molar-refractivity contribution in [2.75, 3.05) is 40.3 Å². The summed E-state index contributed by atoms with van der Waals surface area (Å²) < 4.78 is 0. The number of nitrogens with one attached hydrogen (secondary N) is 1. The van der Waals surface area contributed by atoms with E-state index in [0.717, 1.165) is 31.2 Å². The SMILES string of the molecule is CN(CCc1ccccn1)C(=O)CNC1=NCCN1C.I. The third kappa shape index (κ3) is 5.49. The second-order valence-corrected chi connectivity index (χ2v) is 4.87. The molecule has 0 saturated heterocycles. The highest BCUT2D eigenvalue weighted by atomic mass is 127. The van der Waals surface area contributed by atoms with Gasteiger partial charge in [0, 0.05) is 45.5 Å². The van der Waals surface area contributed by atoms with Gasteiger partial charge in [0.05, 0.1) is 13.1 Å². The maximum Gasteiger partial charge on any atom is 0.241 e. The summed E-state index contributed by atoms with van der Waals surface area (Å²) in [5.41, 5.74) is 1.00. The maximum absolute atomic E-state index is 12.0. The molecule has 1 aromatic heterocycles. The Labute approximate surface area is 142 Å². The van der Waals surface area contributed by atoms with Crippen LogP contribution in [0.5, 0.6) is 0 Å². The number of aromatic nitrogens is 1. The zero-order valence-corrected chi connectivity index (χ0v) is 14.8. The largest absolute Gasteiger partial charge is 0.347 e. The monoisotopic (exact) mass is 403 g/mol. The van der Waals surface area contributed by atoms with Crippen molar-refractivity contribution in [2.45, 2.75) is 6.42 Å². The van der Waals surface area contributed by atoms with E-state index in [0.29, 0.717) is 6.54 Å². The van der Waals surface area contributed by atoms with Crippen molar-refractivity contribution in [3.05, 3.63) is 30.1 Å². The molecule has 116 valence electrons. The van der Waals surface area contributed by atoms with Crippen LogP contribution in [0.4, 0.5) is 0 Å². The third-order valence-electron chi connectivity index (χ3n) is 3.31. The zero-order valence-electron chi connectivity index (χ0n) is 12.5. The minimum absolute atomic E-state index is 0. The van der Waals surface area contributed by atoms with Crippen molar-refractivity contribution in [3.63, 3.8) is 0 Å². The lowest BCUT2D eigenvalue weighted by Crippen LogP contribution is -2.43. The molecule has 0 aliphatic carbocycles. The standard InChI is InChI=1S/C14H21N5O.HI/c1-18(9-6-12-5-3-4-7-15-12)13(20)11-17-14-16-8-10-19(14)2;/h3-5,7H,6,8-11H2,1-2H3,(H,16,17);1H.